The lowest BCUT2D eigenvalue weighted by molar-refractivity contribution is 0.0400. The summed E-state index contributed by atoms with van der Waals surface area (Å²) in [6.07, 6.45) is -1.22. The van der Waals surface area contributed by atoms with Crippen LogP contribution in [0.1, 0.15) is 38.8 Å². The zero-order valence-corrected chi connectivity index (χ0v) is 20.8. The van der Waals surface area contributed by atoms with Crippen LogP contribution in [-0.2, 0) is 27.6 Å². The summed E-state index contributed by atoms with van der Waals surface area (Å²) in [6, 6.07) is 12.2. The molecule has 1 aliphatic rings. The Balaban J connectivity index is 1.85. The number of β-amino-alcohol motifs (C(OH)–C–C–N with tert-alkyl or cyclic N) is 1. The second-order valence-corrected chi connectivity index (χ2v) is 11.8. The van der Waals surface area contributed by atoms with Crippen molar-refractivity contribution in [3.63, 3.8) is 0 Å². The molecular formula is C25H33FN2O5S. The molecule has 0 fully saturated rings. The molecule has 3 atom stereocenters. The van der Waals surface area contributed by atoms with Gasteiger partial charge in [0.05, 0.1) is 17.0 Å². The van der Waals surface area contributed by atoms with E-state index in [-0.39, 0.29) is 30.3 Å². The summed E-state index contributed by atoms with van der Waals surface area (Å²) in [6.45, 7) is 7.04. The van der Waals surface area contributed by atoms with Crippen molar-refractivity contribution in [3.8, 4) is 0 Å². The zero-order chi connectivity index (χ0) is 25.1. The molecule has 9 heteroatoms. The van der Waals surface area contributed by atoms with E-state index >= 15 is 0 Å². The highest BCUT2D eigenvalue weighted by Crippen LogP contribution is 2.29. The van der Waals surface area contributed by atoms with Crippen LogP contribution in [0.15, 0.2) is 53.4 Å². The lowest BCUT2D eigenvalue weighted by Crippen LogP contribution is -2.51. The Hall–Kier alpha value is -2.49. The topological polar surface area (TPSA) is 95.9 Å². The summed E-state index contributed by atoms with van der Waals surface area (Å²) in [5.74, 6) is -0.574. The van der Waals surface area contributed by atoms with Gasteiger partial charge in [-0.15, -0.1) is 0 Å². The van der Waals surface area contributed by atoms with Crippen LogP contribution in [0.3, 0.4) is 0 Å². The molecule has 0 bridgehead atoms. The summed E-state index contributed by atoms with van der Waals surface area (Å²) < 4.78 is 47.1. The monoisotopic (exact) mass is 492 g/mol. The molecule has 0 spiro atoms. The van der Waals surface area contributed by atoms with E-state index in [0.29, 0.717) is 12.0 Å². The Kier molecular flexibility index (Phi) is 8.00. The molecule has 0 aromatic heterocycles. The predicted molar refractivity (Wildman–Crippen MR) is 127 cm³/mol. The highest BCUT2D eigenvalue weighted by molar-refractivity contribution is 7.89. The first-order valence-corrected chi connectivity index (χ1v) is 12.8. The van der Waals surface area contributed by atoms with Gasteiger partial charge in [0.25, 0.3) is 0 Å². The number of alkyl carbamates (subject to hydrolysis) is 1. The average Bonchev–Trinajstić information content (AvgIpc) is 2.80. The number of fused-ring (bicyclic) bond motifs is 1. The molecule has 0 radical (unpaired) electrons. The number of carbonyl (C=O) groups is 1. The number of hydrogen-bond acceptors (Lipinski definition) is 5. The fraction of sp³-hybridized carbons (Fsp3) is 0.480. The molecule has 2 N–H and O–H groups in total. The normalized spacial score (nSPS) is 20.0. The summed E-state index contributed by atoms with van der Waals surface area (Å²) in [5.41, 5.74) is 0.572. The maximum Gasteiger partial charge on any atom is 0.407 e. The average molecular weight is 493 g/mol. The van der Waals surface area contributed by atoms with E-state index in [0.717, 1.165) is 11.6 Å². The Morgan fingerprint density at radius 3 is 2.56 bits per heavy atom. The molecule has 1 aliphatic heterocycles. The summed E-state index contributed by atoms with van der Waals surface area (Å²) >= 11 is 0. The summed E-state index contributed by atoms with van der Waals surface area (Å²) in [5, 5.41) is 13.8. The van der Waals surface area contributed by atoms with Gasteiger partial charge in [-0.3, -0.25) is 0 Å². The molecule has 34 heavy (non-hydrogen) atoms. The van der Waals surface area contributed by atoms with Crippen molar-refractivity contribution in [2.45, 2.75) is 63.2 Å². The van der Waals surface area contributed by atoms with Crippen molar-refractivity contribution in [1.82, 2.24) is 9.62 Å². The number of aliphatic hydroxyl groups excluding tert-OH is 1. The summed E-state index contributed by atoms with van der Waals surface area (Å²) in [4.78, 5) is 12.5. The Morgan fingerprint density at radius 2 is 1.91 bits per heavy atom. The first-order chi connectivity index (χ1) is 15.8. The van der Waals surface area contributed by atoms with E-state index in [9.17, 15) is 22.7 Å². The molecule has 0 saturated heterocycles. The van der Waals surface area contributed by atoms with E-state index < -0.39 is 39.7 Å². The number of aliphatic hydroxyl groups is 1. The van der Waals surface area contributed by atoms with Crippen molar-refractivity contribution in [1.29, 1.82) is 0 Å². The van der Waals surface area contributed by atoms with Crippen LogP contribution < -0.4 is 5.32 Å². The second kappa shape index (κ2) is 10.4. The van der Waals surface area contributed by atoms with Crippen LogP contribution in [0.4, 0.5) is 9.18 Å². The van der Waals surface area contributed by atoms with E-state index in [2.05, 4.69) is 5.32 Å². The maximum atomic E-state index is 13.8. The number of halogens is 1. The molecule has 7 nitrogen and oxygen atoms in total. The molecular weight excluding hydrogens is 459 g/mol. The quantitative estimate of drug-likeness (QED) is 0.644. The number of sulfonamides is 1. The van der Waals surface area contributed by atoms with Gasteiger partial charge >= 0.3 is 6.09 Å². The van der Waals surface area contributed by atoms with E-state index in [1.165, 1.54) is 16.4 Å². The number of carbonyl (C=O) groups excluding carboxylic acids is 1. The molecule has 2 aromatic rings. The lowest BCUT2D eigenvalue weighted by atomic mass is 9.99. The molecule has 2 aromatic carbocycles. The predicted octanol–water partition coefficient (Wildman–Crippen LogP) is 3.51. The van der Waals surface area contributed by atoms with Crippen molar-refractivity contribution < 1.29 is 27.4 Å². The van der Waals surface area contributed by atoms with Gasteiger partial charge in [-0.25, -0.2) is 17.6 Å². The highest BCUT2D eigenvalue weighted by Gasteiger charge is 2.36. The lowest BCUT2D eigenvalue weighted by Gasteiger charge is -2.30. The minimum absolute atomic E-state index is 0.0464. The van der Waals surface area contributed by atoms with Gasteiger partial charge in [0.1, 0.15) is 11.4 Å². The van der Waals surface area contributed by atoms with Gasteiger partial charge in [-0.05, 0) is 68.9 Å². The first-order valence-electron chi connectivity index (χ1n) is 11.4. The third-order valence-electron chi connectivity index (χ3n) is 5.58. The van der Waals surface area contributed by atoms with Crippen LogP contribution in [0, 0.1) is 11.7 Å². The Labute approximate surface area is 201 Å². The van der Waals surface area contributed by atoms with E-state index in [1.807, 2.05) is 37.3 Å². The number of hydrogen-bond donors (Lipinski definition) is 2. The van der Waals surface area contributed by atoms with Crippen molar-refractivity contribution in [2.75, 3.05) is 13.1 Å². The molecule has 0 aliphatic carbocycles. The van der Waals surface area contributed by atoms with Crippen molar-refractivity contribution in [2.24, 2.45) is 5.92 Å². The van der Waals surface area contributed by atoms with E-state index in [1.54, 1.807) is 20.8 Å². The number of benzene rings is 2. The summed E-state index contributed by atoms with van der Waals surface area (Å²) in [7, 11) is -3.96. The minimum Gasteiger partial charge on any atom is -0.444 e. The third-order valence-corrected chi connectivity index (χ3v) is 7.51. The van der Waals surface area contributed by atoms with E-state index in [4.69, 9.17) is 4.74 Å². The third kappa shape index (κ3) is 6.77. The Morgan fingerprint density at radius 1 is 1.24 bits per heavy atom. The van der Waals surface area contributed by atoms with Crippen LogP contribution in [-0.4, -0.2) is 54.8 Å². The van der Waals surface area contributed by atoms with Gasteiger partial charge < -0.3 is 15.2 Å². The molecule has 0 saturated carbocycles. The smallest absolute Gasteiger partial charge is 0.407 e. The highest BCUT2D eigenvalue weighted by atomic mass is 32.2. The molecule has 186 valence electrons. The number of ether oxygens (including phenoxy) is 1. The number of nitrogens with zero attached hydrogens (tertiary/aromatic N) is 1. The fourth-order valence-corrected chi connectivity index (χ4v) is 5.89. The van der Waals surface area contributed by atoms with Crippen LogP contribution >= 0.6 is 0 Å². The van der Waals surface area contributed by atoms with Crippen molar-refractivity contribution in [3.05, 3.63) is 65.5 Å². The van der Waals surface area contributed by atoms with Gasteiger partial charge in [-0.1, -0.05) is 37.3 Å². The molecule has 1 amide bonds. The second-order valence-electron chi connectivity index (χ2n) is 9.89. The first kappa shape index (κ1) is 26.1. The molecule has 1 heterocycles. The van der Waals surface area contributed by atoms with Crippen molar-refractivity contribution >= 4 is 16.1 Å². The number of amides is 1. The molecule has 1 unspecified atom stereocenters. The zero-order valence-electron chi connectivity index (χ0n) is 20.0. The number of nitrogens with one attached hydrogen (secondary N) is 1. The van der Waals surface area contributed by atoms with Crippen LogP contribution in [0.5, 0.6) is 0 Å². The molecule has 3 rings (SSSR count). The SMILES string of the molecule is CC1Cc2cc(F)ccc2S(=O)(=O)N(C[C@@H](O)[C@H](Cc2ccccc2)NC(=O)OC(C)(C)C)C1. The largest absolute Gasteiger partial charge is 0.444 e. The maximum absolute atomic E-state index is 13.8. The fourth-order valence-electron chi connectivity index (χ4n) is 4.10. The van der Waals surface area contributed by atoms with Gasteiger partial charge in [0.15, 0.2) is 0 Å². The minimum atomic E-state index is -3.96. The van der Waals surface area contributed by atoms with Gasteiger partial charge in [0.2, 0.25) is 10.0 Å². The van der Waals surface area contributed by atoms with Crippen LogP contribution in [0.2, 0.25) is 0 Å². The van der Waals surface area contributed by atoms with Crippen LogP contribution in [0.25, 0.3) is 0 Å². The number of rotatable bonds is 6. The standard InChI is InChI=1S/C25H33FN2O5S/c1-17-12-19-14-20(26)10-11-23(19)34(31,32)28(15-17)16-22(29)21(13-18-8-6-5-7-9-18)27-24(30)33-25(2,3)4/h5-11,14,17,21-22,29H,12-13,15-16H2,1-4H3,(H,27,30)/t17?,21-,22+/m0/s1. The van der Waals surface area contributed by atoms with Gasteiger partial charge in [-0.2, -0.15) is 4.31 Å². The Bertz CT molecular complexity index is 1100. The van der Waals surface area contributed by atoms with Gasteiger partial charge in [0, 0.05) is 13.1 Å².